The van der Waals surface area contributed by atoms with Gasteiger partial charge in [0.1, 0.15) is 11.5 Å². The minimum atomic E-state index is -0.352. The number of amides is 2. The Morgan fingerprint density at radius 1 is 1.06 bits per heavy atom. The topological polar surface area (TPSA) is 92.6 Å². The highest BCUT2D eigenvalue weighted by Crippen LogP contribution is 2.26. The van der Waals surface area contributed by atoms with Crippen molar-refractivity contribution in [2.24, 2.45) is 0 Å². The van der Waals surface area contributed by atoms with Gasteiger partial charge >= 0.3 is 0 Å². The highest BCUT2D eigenvalue weighted by Gasteiger charge is 2.11. The van der Waals surface area contributed by atoms with Gasteiger partial charge in [-0.15, -0.1) is 0 Å². The lowest BCUT2D eigenvalue weighted by molar-refractivity contribution is 0.0946. The number of carbonyl (C=O) groups excluding carboxylic acids is 2. The lowest BCUT2D eigenvalue weighted by atomic mass is 10.2. The lowest BCUT2D eigenvalue weighted by Crippen LogP contribution is -2.34. The Balaban J connectivity index is 1.52. The molecule has 9 heteroatoms. The van der Waals surface area contributed by atoms with Gasteiger partial charge < -0.3 is 19.8 Å². The van der Waals surface area contributed by atoms with Crippen LogP contribution in [0.1, 0.15) is 33.4 Å². The van der Waals surface area contributed by atoms with E-state index in [4.69, 9.17) is 21.4 Å². The van der Waals surface area contributed by atoms with Crippen LogP contribution in [-0.4, -0.2) is 23.5 Å². The fourth-order valence-corrected chi connectivity index (χ4v) is 3.34. The van der Waals surface area contributed by atoms with Gasteiger partial charge in [0, 0.05) is 16.8 Å². The Labute approximate surface area is 193 Å². The molecule has 3 rings (SSSR count). The van der Waals surface area contributed by atoms with Crippen molar-refractivity contribution in [1.29, 1.82) is 0 Å². The quantitative estimate of drug-likeness (QED) is 0.412. The number of carbonyl (C=O) groups is 2. The normalized spacial score (nSPS) is 10.3. The van der Waals surface area contributed by atoms with E-state index in [1.807, 2.05) is 6.92 Å². The first-order chi connectivity index (χ1) is 15.0. The van der Waals surface area contributed by atoms with Crippen molar-refractivity contribution in [3.8, 4) is 5.75 Å². The third kappa shape index (κ3) is 6.40. The van der Waals surface area contributed by atoms with Gasteiger partial charge in [0.05, 0.1) is 23.9 Å². The summed E-state index contributed by atoms with van der Waals surface area (Å²) in [6.07, 6.45) is 1.55. The number of thiocarbonyl (C=S) groups is 1. The Morgan fingerprint density at radius 2 is 1.81 bits per heavy atom. The zero-order valence-corrected chi connectivity index (χ0v) is 19.0. The predicted molar refractivity (Wildman–Crippen MR) is 125 cm³/mol. The average molecular weight is 502 g/mol. The summed E-state index contributed by atoms with van der Waals surface area (Å²) >= 11 is 8.60. The third-order valence-corrected chi connectivity index (χ3v) is 4.95. The van der Waals surface area contributed by atoms with Crippen LogP contribution < -0.4 is 20.7 Å². The highest BCUT2D eigenvalue weighted by atomic mass is 79.9. The summed E-state index contributed by atoms with van der Waals surface area (Å²) in [6, 6.07) is 15.3. The number of benzene rings is 2. The molecule has 0 aliphatic carbocycles. The molecule has 0 spiro atoms. The van der Waals surface area contributed by atoms with Gasteiger partial charge in [-0.3, -0.25) is 14.9 Å². The van der Waals surface area contributed by atoms with E-state index in [2.05, 4.69) is 31.9 Å². The first kappa shape index (κ1) is 22.5. The lowest BCUT2D eigenvalue weighted by Gasteiger charge is -2.11. The van der Waals surface area contributed by atoms with Crippen LogP contribution in [0.15, 0.2) is 69.8 Å². The molecule has 2 amide bonds. The number of ether oxygens (including phenoxy) is 1. The van der Waals surface area contributed by atoms with Crippen LogP contribution in [0.4, 0.5) is 5.69 Å². The first-order valence-corrected chi connectivity index (χ1v) is 10.6. The number of nitrogens with one attached hydrogen (secondary N) is 3. The van der Waals surface area contributed by atoms with Gasteiger partial charge in [-0.1, -0.05) is 0 Å². The molecule has 31 heavy (non-hydrogen) atoms. The van der Waals surface area contributed by atoms with Crippen molar-refractivity contribution in [2.75, 3.05) is 11.9 Å². The van der Waals surface area contributed by atoms with Gasteiger partial charge in [0.2, 0.25) is 0 Å². The molecule has 0 aliphatic heterocycles. The number of halogens is 1. The van der Waals surface area contributed by atoms with E-state index in [1.165, 1.54) is 0 Å². The van der Waals surface area contributed by atoms with Crippen LogP contribution in [0.25, 0.3) is 0 Å². The summed E-state index contributed by atoms with van der Waals surface area (Å²) in [5, 5.41) is 8.47. The van der Waals surface area contributed by atoms with Gasteiger partial charge in [-0.2, -0.15) is 0 Å². The second-order valence-electron chi connectivity index (χ2n) is 6.33. The number of hydrogen-bond acceptors (Lipinski definition) is 5. The van der Waals surface area contributed by atoms with Crippen molar-refractivity contribution in [1.82, 2.24) is 10.6 Å². The van der Waals surface area contributed by atoms with Crippen molar-refractivity contribution >= 4 is 50.8 Å². The van der Waals surface area contributed by atoms with Gasteiger partial charge in [-0.05, 0) is 89.7 Å². The van der Waals surface area contributed by atoms with E-state index in [1.54, 1.807) is 60.9 Å². The predicted octanol–water partition coefficient (Wildman–Crippen LogP) is 4.50. The summed E-state index contributed by atoms with van der Waals surface area (Å²) in [7, 11) is 0. The van der Waals surface area contributed by atoms with Crippen molar-refractivity contribution in [2.45, 2.75) is 13.5 Å². The molecule has 0 atom stereocenters. The van der Waals surface area contributed by atoms with Crippen LogP contribution in [0, 0.1) is 0 Å². The molecule has 1 aromatic heterocycles. The van der Waals surface area contributed by atoms with E-state index in [0.29, 0.717) is 45.9 Å². The molecule has 0 saturated carbocycles. The van der Waals surface area contributed by atoms with Gasteiger partial charge in [0.15, 0.2) is 5.11 Å². The fraction of sp³-hybridized carbons (Fsp3) is 0.136. The van der Waals surface area contributed by atoms with E-state index in [-0.39, 0.29) is 16.9 Å². The van der Waals surface area contributed by atoms with E-state index in [9.17, 15) is 9.59 Å². The first-order valence-electron chi connectivity index (χ1n) is 9.41. The molecule has 2 aromatic carbocycles. The standard InChI is InChI=1S/C22H20BrN3O4S/c1-2-29-19-10-7-15(12-18(19)23)21(28)26-22(31)25-16-8-5-14(6-9-16)20(27)24-13-17-4-3-11-30-17/h3-12H,2,13H2,1H3,(H,24,27)(H2,25,26,28,31). The van der Waals surface area contributed by atoms with Crippen LogP contribution in [0.3, 0.4) is 0 Å². The molecule has 0 radical (unpaired) electrons. The average Bonchev–Trinajstić information content (AvgIpc) is 3.27. The Morgan fingerprint density at radius 3 is 2.45 bits per heavy atom. The Kier molecular flexibility index (Phi) is 7.80. The SMILES string of the molecule is CCOc1ccc(C(=O)NC(=S)Nc2ccc(C(=O)NCc3ccco3)cc2)cc1Br. The number of hydrogen-bond donors (Lipinski definition) is 3. The molecule has 7 nitrogen and oxygen atoms in total. The summed E-state index contributed by atoms with van der Waals surface area (Å²) < 4.78 is 11.3. The number of anilines is 1. The van der Waals surface area contributed by atoms with Crippen LogP contribution in [0.5, 0.6) is 5.75 Å². The molecule has 0 bridgehead atoms. The molecule has 3 aromatic rings. The molecule has 0 fully saturated rings. The molecule has 0 aliphatic rings. The minimum Gasteiger partial charge on any atom is -0.493 e. The maximum absolute atomic E-state index is 12.4. The van der Waals surface area contributed by atoms with Crippen molar-refractivity contribution in [3.63, 3.8) is 0 Å². The van der Waals surface area contributed by atoms with Crippen molar-refractivity contribution < 1.29 is 18.7 Å². The minimum absolute atomic E-state index is 0.144. The molecular weight excluding hydrogens is 482 g/mol. The Hall–Kier alpha value is -3.17. The molecule has 0 saturated heterocycles. The molecule has 160 valence electrons. The Bertz CT molecular complexity index is 1070. The molecule has 1 heterocycles. The zero-order chi connectivity index (χ0) is 22.2. The zero-order valence-electron chi connectivity index (χ0n) is 16.6. The summed E-state index contributed by atoms with van der Waals surface area (Å²) in [5.74, 6) is 0.760. The number of furan rings is 1. The van der Waals surface area contributed by atoms with Crippen LogP contribution in [-0.2, 0) is 6.54 Å². The van der Waals surface area contributed by atoms with E-state index >= 15 is 0 Å². The fourth-order valence-electron chi connectivity index (χ4n) is 2.64. The molecule has 0 unspecified atom stereocenters. The number of rotatable bonds is 7. The highest BCUT2D eigenvalue weighted by molar-refractivity contribution is 9.10. The smallest absolute Gasteiger partial charge is 0.257 e. The monoisotopic (exact) mass is 501 g/mol. The summed E-state index contributed by atoms with van der Waals surface area (Å²) in [5.41, 5.74) is 1.56. The summed E-state index contributed by atoms with van der Waals surface area (Å²) in [6.45, 7) is 2.73. The maximum atomic E-state index is 12.4. The second-order valence-corrected chi connectivity index (χ2v) is 7.59. The van der Waals surface area contributed by atoms with E-state index in [0.717, 1.165) is 0 Å². The third-order valence-electron chi connectivity index (χ3n) is 4.13. The molecular formula is C22H20BrN3O4S. The van der Waals surface area contributed by atoms with Gasteiger partial charge in [0.25, 0.3) is 11.8 Å². The second kappa shape index (κ2) is 10.7. The van der Waals surface area contributed by atoms with Crippen molar-refractivity contribution in [3.05, 3.63) is 82.2 Å². The maximum Gasteiger partial charge on any atom is 0.257 e. The van der Waals surface area contributed by atoms with Crippen LogP contribution in [0.2, 0.25) is 0 Å². The van der Waals surface area contributed by atoms with E-state index < -0.39 is 0 Å². The largest absolute Gasteiger partial charge is 0.493 e. The van der Waals surface area contributed by atoms with Crippen LogP contribution >= 0.6 is 28.1 Å². The summed E-state index contributed by atoms with van der Waals surface area (Å²) in [4.78, 5) is 24.6. The van der Waals surface area contributed by atoms with Gasteiger partial charge in [-0.25, -0.2) is 0 Å². The molecule has 3 N–H and O–H groups in total.